The summed E-state index contributed by atoms with van der Waals surface area (Å²) in [6.45, 7) is 0.639. The second-order valence-electron chi connectivity index (χ2n) is 6.40. The standard InChI is InChI=1S/C16H19ClN2O3/c17-15-9-13(19(21)22)3-4-14(15)16(20)18-6-5-12-8-10-1-2-11(12)7-10/h3-4,9-12H,1-2,5-8H2,(H,18,20). The van der Waals surface area contributed by atoms with E-state index in [0.29, 0.717) is 12.1 Å². The average Bonchev–Trinajstić information content (AvgIpc) is 3.09. The molecule has 2 aliphatic rings. The van der Waals surface area contributed by atoms with Gasteiger partial charge in [-0.3, -0.25) is 14.9 Å². The molecule has 1 N–H and O–H groups in total. The fraction of sp³-hybridized carbons (Fsp3) is 0.562. The Hall–Kier alpha value is -1.62. The zero-order valence-electron chi connectivity index (χ0n) is 12.3. The third-order valence-electron chi connectivity index (χ3n) is 5.09. The minimum absolute atomic E-state index is 0.108. The van der Waals surface area contributed by atoms with Crippen molar-refractivity contribution in [3.63, 3.8) is 0 Å². The number of amides is 1. The van der Waals surface area contributed by atoms with Crippen LogP contribution in [0.1, 0.15) is 42.5 Å². The van der Waals surface area contributed by atoms with Gasteiger partial charge in [0.15, 0.2) is 0 Å². The third kappa shape index (κ3) is 3.09. The molecule has 5 nitrogen and oxygen atoms in total. The van der Waals surface area contributed by atoms with E-state index < -0.39 is 4.92 Å². The highest BCUT2D eigenvalue weighted by molar-refractivity contribution is 6.34. The van der Waals surface area contributed by atoms with Crippen molar-refractivity contribution in [2.24, 2.45) is 17.8 Å². The van der Waals surface area contributed by atoms with Gasteiger partial charge in [0.2, 0.25) is 0 Å². The van der Waals surface area contributed by atoms with Crippen LogP contribution in [-0.2, 0) is 0 Å². The lowest BCUT2D eigenvalue weighted by atomic mass is 9.86. The molecular weight excluding hydrogens is 304 g/mol. The number of hydrogen-bond acceptors (Lipinski definition) is 3. The van der Waals surface area contributed by atoms with Gasteiger partial charge in [-0.1, -0.05) is 18.0 Å². The van der Waals surface area contributed by atoms with Crippen molar-refractivity contribution in [1.82, 2.24) is 5.32 Å². The van der Waals surface area contributed by atoms with Crippen LogP contribution < -0.4 is 5.32 Å². The number of nitro groups is 1. The normalized spacial score (nSPS) is 26.1. The number of nitrogens with one attached hydrogen (secondary N) is 1. The Morgan fingerprint density at radius 2 is 2.18 bits per heavy atom. The fourth-order valence-corrected chi connectivity index (χ4v) is 4.26. The van der Waals surface area contributed by atoms with Gasteiger partial charge in [-0.15, -0.1) is 0 Å². The molecule has 3 unspecified atom stereocenters. The number of nitrogens with zero attached hydrogens (tertiary/aromatic N) is 1. The number of carbonyl (C=O) groups is 1. The molecule has 2 fully saturated rings. The van der Waals surface area contributed by atoms with Crippen molar-refractivity contribution >= 4 is 23.2 Å². The van der Waals surface area contributed by atoms with Crippen LogP contribution in [0.2, 0.25) is 5.02 Å². The third-order valence-corrected chi connectivity index (χ3v) is 5.41. The fourth-order valence-electron chi connectivity index (χ4n) is 4.00. The summed E-state index contributed by atoms with van der Waals surface area (Å²) in [5.41, 5.74) is 0.184. The van der Waals surface area contributed by atoms with Crippen molar-refractivity contribution < 1.29 is 9.72 Å². The van der Waals surface area contributed by atoms with Crippen LogP contribution in [0.3, 0.4) is 0 Å². The molecule has 118 valence electrons. The quantitative estimate of drug-likeness (QED) is 0.662. The molecule has 0 aromatic heterocycles. The van der Waals surface area contributed by atoms with Crippen LogP contribution in [-0.4, -0.2) is 17.4 Å². The number of rotatable bonds is 5. The monoisotopic (exact) mass is 322 g/mol. The van der Waals surface area contributed by atoms with Crippen LogP contribution >= 0.6 is 11.6 Å². The van der Waals surface area contributed by atoms with Gasteiger partial charge in [-0.25, -0.2) is 0 Å². The van der Waals surface area contributed by atoms with Gasteiger partial charge in [0.25, 0.3) is 11.6 Å². The van der Waals surface area contributed by atoms with Crippen LogP contribution in [0.15, 0.2) is 18.2 Å². The first-order chi connectivity index (χ1) is 10.5. The molecule has 2 aliphatic carbocycles. The Morgan fingerprint density at radius 3 is 2.77 bits per heavy atom. The summed E-state index contributed by atoms with van der Waals surface area (Å²) < 4.78 is 0. The van der Waals surface area contributed by atoms with Crippen molar-refractivity contribution in [3.8, 4) is 0 Å². The molecule has 1 aromatic carbocycles. The first-order valence-electron chi connectivity index (χ1n) is 7.76. The second kappa shape index (κ2) is 6.24. The maximum atomic E-state index is 12.1. The summed E-state index contributed by atoms with van der Waals surface area (Å²) in [5.74, 6) is 2.24. The predicted octanol–water partition coefficient (Wildman–Crippen LogP) is 3.80. The maximum absolute atomic E-state index is 12.1. The summed E-state index contributed by atoms with van der Waals surface area (Å²) in [5, 5.41) is 13.7. The first-order valence-corrected chi connectivity index (χ1v) is 8.14. The van der Waals surface area contributed by atoms with Gasteiger partial charge in [-0.05, 0) is 49.5 Å². The Kier molecular flexibility index (Phi) is 4.34. The average molecular weight is 323 g/mol. The van der Waals surface area contributed by atoms with E-state index in [4.69, 9.17) is 11.6 Å². The number of carbonyl (C=O) groups excluding carboxylic acids is 1. The van der Waals surface area contributed by atoms with Crippen LogP contribution in [0.25, 0.3) is 0 Å². The van der Waals surface area contributed by atoms with Crippen molar-refractivity contribution in [3.05, 3.63) is 38.9 Å². The van der Waals surface area contributed by atoms with Crippen LogP contribution in [0, 0.1) is 27.9 Å². The van der Waals surface area contributed by atoms with Gasteiger partial charge in [0.1, 0.15) is 0 Å². The smallest absolute Gasteiger partial charge is 0.270 e. The molecule has 1 aromatic rings. The molecule has 2 bridgehead atoms. The molecule has 3 atom stereocenters. The number of hydrogen-bond donors (Lipinski definition) is 1. The lowest BCUT2D eigenvalue weighted by Crippen LogP contribution is -2.27. The van der Waals surface area contributed by atoms with Crippen molar-refractivity contribution in [2.45, 2.75) is 32.1 Å². The van der Waals surface area contributed by atoms with Gasteiger partial charge >= 0.3 is 0 Å². The number of nitro benzene ring substituents is 1. The Labute approximate surface area is 134 Å². The molecule has 0 aliphatic heterocycles. The highest BCUT2D eigenvalue weighted by Crippen LogP contribution is 2.49. The highest BCUT2D eigenvalue weighted by Gasteiger charge is 2.38. The topological polar surface area (TPSA) is 72.2 Å². The number of non-ortho nitro benzene ring substituents is 1. The van der Waals surface area contributed by atoms with E-state index >= 15 is 0 Å². The Morgan fingerprint density at radius 1 is 1.36 bits per heavy atom. The first kappa shape index (κ1) is 15.3. The number of halogens is 1. The van der Waals surface area contributed by atoms with Gasteiger partial charge in [-0.2, -0.15) is 0 Å². The Bertz CT molecular complexity index is 605. The van der Waals surface area contributed by atoms with Crippen molar-refractivity contribution in [1.29, 1.82) is 0 Å². The van der Waals surface area contributed by atoms with Gasteiger partial charge in [0, 0.05) is 18.7 Å². The zero-order valence-corrected chi connectivity index (χ0v) is 13.0. The molecular formula is C16H19ClN2O3. The molecule has 0 radical (unpaired) electrons. The van der Waals surface area contributed by atoms with Gasteiger partial charge in [0.05, 0.1) is 15.5 Å². The lowest BCUT2D eigenvalue weighted by Gasteiger charge is -2.21. The predicted molar refractivity (Wildman–Crippen MR) is 84.0 cm³/mol. The molecule has 1 amide bonds. The largest absolute Gasteiger partial charge is 0.352 e. The van der Waals surface area contributed by atoms with Crippen LogP contribution in [0.5, 0.6) is 0 Å². The lowest BCUT2D eigenvalue weighted by molar-refractivity contribution is -0.384. The van der Waals surface area contributed by atoms with Gasteiger partial charge < -0.3 is 5.32 Å². The van der Waals surface area contributed by atoms with Crippen molar-refractivity contribution in [2.75, 3.05) is 6.54 Å². The second-order valence-corrected chi connectivity index (χ2v) is 6.81. The van der Waals surface area contributed by atoms with E-state index in [9.17, 15) is 14.9 Å². The molecule has 22 heavy (non-hydrogen) atoms. The van der Waals surface area contributed by atoms with E-state index in [2.05, 4.69) is 5.32 Å². The maximum Gasteiger partial charge on any atom is 0.270 e. The molecule has 2 saturated carbocycles. The summed E-state index contributed by atoms with van der Waals surface area (Å²) in [6.07, 6.45) is 6.41. The zero-order chi connectivity index (χ0) is 15.7. The number of benzene rings is 1. The minimum Gasteiger partial charge on any atom is -0.352 e. The molecule has 0 saturated heterocycles. The molecule has 0 spiro atoms. The highest BCUT2D eigenvalue weighted by atomic mass is 35.5. The summed E-state index contributed by atoms with van der Waals surface area (Å²) >= 11 is 5.96. The number of fused-ring (bicyclic) bond motifs is 2. The summed E-state index contributed by atoms with van der Waals surface area (Å²) in [7, 11) is 0. The van der Waals surface area contributed by atoms with E-state index in [1.165, 1.54) is 43.9 Å². The van der Waals surface area contributed by atoms with E-state index in [0.717, 1.165) is 24.2 Å². The SMILES string of the molecule is O=C(NCCC1CC2CCC1C2)c1ccc([N+](=O)[O-])cc1Cl. The summed E-state index contributed by atoms with van der Waals surface area (Å²) in [6, 6.07) is 3.93. The van der Waals surface area contributed by atoms with E-state index in [1.807, 2.05) is 0 Å². The Balaban J connectivity index is 1.52. The summed E-state index contributed by atoms with van der Waals surface area (Å²) in [4.78, 5) is 22.3. The van der Waals surface area contributed by atoms with E-state index in [1.54, 1.807) is 0 Å². The van der Waals surface area contributed by atoms with Crippen LogP contribution in [0.4, 0.5) is 5.69 Å². The molecule has 0 heterocycles. The van der Waals surface area contributed by atoms with E-state index in [-0.39, 0.29) is 16.6 Å². The molecule has 3 rings (SSSR count). The minimum atomic E-state index is -0.525. The molecule has 6 heteroatoms.